The Balaban J connectivity index is 1.80. The Morgan fingerprint density at radius 3 is 2.85 bits per heavy atom. The number of anilines is 1. The maximum absolute atomic E-state index is 12.0. The molecule has 1 aromatic heterocycles. The number of halogens is 1. The summed E-state index contributed by atoms with van der Waals surface area (Å²) < 4.78 is 0. The number of hydrogen-bond donors (Lipinski definition) is 2. The van der Waals surface area contributed by atoms with Gasteiger partial charge >= 0.3 is 0 Å². The van der Waals surface area contributed by atoms with Crippen molar-refractivity contribution in [1.29, 1.82) is 0 Å². The number of amides is 1. The first-order valence-corrected chi connectivity index (χ1v) is 7.33. The number of rotatable bonds is 8. The molecule has 0 saturated heterocycles. The number of aromatic nitrogens is 1. The molecule has 6 heteroatoms. The summed E-state index contributed by atoms with van der Waals surface area (Å²) in [6.07, 6.45) is 5.53. The van der Waals surface area contributed by atoms with Crippen LogP contribution in [-0.4, -0.2) is 46.6 Å². The van der Waals surface area contributed by atoms with E-state index < -0.39 is 0 Å². The molecule has 20 heavy (non-hydrogen) atoms. The lowest BCUT2D eigenvalue weighted by atomic mass is 10.3. The van der Waals surface area contributed by atoms with E-state index in [0.717, 1.165) is 32.2 Å². The number of unbranched alkanes of at least 4 members (excludes halogenated alkanes) is 1. The van der Waals surface area contributed by atoms with Crippen LogP contribution in [0.3, 0.4) is 0 Å². The van der Waals surface area contributed by atoms with Gasteiger partial charge in [0.25, 0.3) is 0 Å². The van der Waals surface area contributed by atoms with Gasteiger partial charge in [0.05, 0.1) is 11.6 Å². The highest BCUT2D eigenvalue weighted by Gasteiger charge is 2.29. The summed E-state index contributed by atoms with van der Waals surface area (Å²) in [5, 5.41) is 12.1. The van der Waals surface area contributed by atoms with E-state index in [1.807, 2.05) is 0 Å². The fraction of sp³-hybridized carbons (Fsp3) is 0.571. The molecule has 1 aliphatic carbocycles. The molecule has 0 aliphatic heterocycles. The van der Waals surface area contributed by atoms with Crippen LogP contribution in [0.15, 0.2) is 18.3 Å². The first kappa shape index (κ1) is 15.2. The smallest absolute Gasteiger partial charge is 0.239 e. The lowest BCUT2D eigenvalue weighted by Crippen LogP contribution is -2.35. The Kier molecular flexibility index (Phi) is 5.76. The third-order valence-electron chi connectivity index (χ3n) is 3.26. The van der Waals surface area contributed by atoms with E-state index >= 15 is 0 Å². The molecule has 2 N–H and O–H groups in total. The van der Waals surface area contributed by atoms with E-state index in [1.165, 1.54) is 6.20 Å². The van der Waals surface area contributed by atoms with Crippen LogP contribution in [0.5, 0.6) is 0 Å². The van der Waals surface area contributed by atoms with Gasteiger partial charge in [-0.1, -0.05) is 11.6 Å². The zero-order valence-corrected chi connectivity index (χ0v) is 12.1. The zero-order valence-electron chi connectivity index (χ0n) is 11.4. The minimum absolute atomic E-state index is 0.0595. The molecule has 1 fully saturated rings. The SMILES string of the molecule is O=C(CN(CCCCO)C1CC1)Nc1ccc(Cl)cn1. The van der Waals surface area contributed by atoms with E-state index in [-0.39, 0.29) is 12.5 Å². The van der Waals surface area contributed by atoms with Crippen molar-refractivity contribution in [3.63, 3.8) is 0 Å². The predicted octanol–water partition coefficient (Wildman–Crippen LogP) is 1.91. The van der Waals surface area contributed by atoms with Crippen LogP contribution in [0.4, 0.5) is 5.82 Å². The maximum Gasteiger partial charge on any atom is 0.239 e. The van der Waals surface area contributed by atoms with Crippen molar-refractivity contribution in [2.75, 3.05) is 25.0 Å². The number of carbonyl (C=O) groups is 1. The van der Waals surface area contributed by atoms with Crippen LogP contribution in [0, 0.1) is 0 Å². The number of aliphatic hydroxyl groups is 1. The molecule has 110 valence electrons. The minimum Gasteiger partial charge on any atom is -0.396 e. The Morgan fingerprint density at radius 1 is 1.45 bits per heavy atom. The van der Waals surface area contributed by atoms with E-state index in [9.17, 15) is 4.79 Å². The lowest BCUT2D eigenvalue weighted by Gasteiger charge is -2.21. The molecule has 1 saturated carbocycles. The van der Waals surface area contributed by atoms with Gasteiger partial charge in [-0.15, -0.1) is 0 Å². The molecule has 0 bridgehead atoms. The fourth-order valence-electron chi connectivity index (χ4n) is 2.07. The molecule has 0 radical (unpaired) electrons. The van der Waals surface area contributed by atoms with Gasteiger partial charge in [0.2, 0.25) is 5.91 Å². The lowest BCUT2D eigenvalue weighted by molar-refractivity contribution is -0.117. The largest absolute Gasteiger partial charge is 0.396 e. The first-order chi connectivity index (χ1) is 9.69. The summed E-state index contributed by atoms with van der Waals surface area (Å²) >= 11 is 5.75. The number of aliphatic hydroxyl groups excluding tert-OH is 1. The summed E-state index contributed by atoms with van der Waals surface area (Å²) in [6, 6.07) is 3.91. The monoisotopic (exact) mass is 297 g/mol. The number of nitrogens with zero attached hydrogens (tertiary/aromatic N) is 2. The molecular weight excluding hydrogens is 278 g/mol. The van der Waals surface area contributed by atoms with Gasteiger partial charge in [0.15, 0.2) is 0 Å². The van der Waals surface area contributed by atoms with E-state index in [1.54, 1.807) is 12.1 Å². The van der Waals surface area contributed by atoms with Gasteiger partial charge in [0.1, 0.15) is 5.82 Å². The highest BCUT2D eigenvalue weighted by molar-refractivity contribution is 6.30. The molecule has 0 aromatic carbocycles. The summed E-state index contributed by atoms with van der Waals surface area (Å²) in [5.41, 5.74) is 0. The van der Waals surface area contributed by atoms with Crippen molar-refractivity contribution in [3.05, 3.63) is 23.4 Å². The second kappa shape index (κ2) is 7.57. The third kappa shape index (κ3) is 5.07. The highest BCUT2D eigenvalue weighted by Crippen LogP contribution is 2.26. The zero-order chi connectivity index (χ0) is 14.4. The normalized spacial score (nSPS) is 14.6. The Bertz CT molecular complexity index is 435. The molecule has 1 aromatic rings. The topological polar surface area (TPSA) is 65.5 Å². The van der Waals surface area contributed by atoms with Gasteiger partial charge < -0.3 is 10.4 Å². The molecule has 1 heterocycles. The van der Waals surface area contributed by atoms with Gasteiger partial charge in [-0.05, 0) is 44.4 Å². The maximum atomic E-state index is 12.0. The standard InChI is InChI=1S/C14H20ClN3O2/c15-11-3-6-13(16-9-11)17-14(20)10-18(12-4-5-12)7-1-2-8-19/h3,6,9,12,19H,1-2,4-5,7-8,10H2,(H,16,17,20). The highest BCUT2D eigenvalue weighted by atomic mass is 35.5. The Hall–Kier alpha value is -1.17. The second-order valence-corrected chi connectivity index (χ2v) is 5.48. The van der Waals surface area contributed by atoms with Crippen molar-refractivity contribution in [2.24, 2.45) is 0 Å². The quantitative estimate of drug-likeness (QED) is 0.720. The number of carbonyl (C=O) groups excluding carboxylic acids is 1. The predicted molar refractivity (Wildman–Crippen MR) is 78.8 cm³/mol. The van der Waals surface area contributed by atoms with Crippen molar-refractivity contribution in [3.8, 4) is 0 Å². The van der Waals surface area contributed by atoms with Crippen LogP contribution >= 0.6 is 11.6 Å². The third-order valence-corrected chi connectivity index (χ3v) is 3.48. The van der Waals surface area contributed by atoms with Crippen LogP contribution in [0.25, 0.3) is 0 Å². The van der Waals surface area contributed by atoms with Crippen LogP contribution in [0.1, 0.15) is 25.7 Å². The molecule has 1 aliphatic rings. The molecule has 5 nitrogen and oxygen atoms in total. The van der Waals surface area contributed by atoms with E-state index in [0.29, 0.717) is 23.4 Å². The van der Waals surface area contributed by atoms with Gasteiger partial charge in [0, 0.05) is 18.8 Å². The summed E-state index contributed by atoms with van der Waals surface area (Å²) in [4.78, 5) is 18.2. The van der Waals surface area contributed by atoms with Crippen LogP contribution < -0.4 is 5.32 Å². The Labute approximate surface area is 123 Å². The van der Waals surface area contributed by atoms with Gasteiger partial charge in [-0.3, -0.25) is 9.69 Å². The van der Waals surface area contributed by atoms with E-state index in [2.05, 4.69) is 15.2 Å². The number of nitrogens with one attached hydrogen (secondary N) is 1. The number of hydrogen-bond acceptors (Lipinski definition) is 4. The first-order valence-electron chi connectivity index (χ1n) is 6.95. The second-order valence-electron chi connectivity index (χ2n) is 5.04. The van der Waals surface area contributed by atoms with Crippen molar-refractivity contribution >= 4 is 23.3 Å². The summed E-state index contributed by atoms with van der Waals surface area (Å²) in [5.74, 6) is 0.459. The molecular formula is C14H20ClN3O2. The van der Waals surface area contributed by atoms with E-state index in [4.69, 9.17) is 16.7 Å². The van der Waals surface area contributed by atoms with Gasteiger partial charge in [-0.25, -0.2) is 4.98 Å². The van der Waals surface area contributed by atoms with Crippen molar-refractivity contribution in [1.82, 2.24) is 9.88 Å². The molecule has 1 amide bonds. The van der Waals surface area contributed by atoms with Gasteiger partial charge in [-0.2, -0.15) is 0 Å². The van der Waals surface area contributed by atoms with Crippen LogP contribution in [-0.2, 0) is 4.79 Å². The molecule has 0 unspecified atom stereocenters. The summed E-state index contributed by atoms with van der Waals surface area (Å²) in [6.45, 7) is 1.44. The average molecular weight is 298 g/mol. The fourth-order valence-corrected chi connectivity index (χ4v) is 2.19. The van der Waals surface area contributed by atoms with Crippen LogP contribution in [0.2, 0.25) is 5.02 Å². The van der Waals surface area contributed by atoms with Crippen molar-refractivity contribution in [2.45, 2.75) is 31.7 Å². The Morgan fingerprint density at radius 2 is 2.25 bits per heavy atom. The average Bonchev–Trinajstić information content (AvgIpc) is 3.25. The summed E-state index contributed by atoms with van der Waals surface area (Å²) in [7, 11) is 0. The number of pyridine rings is 1. The molecule has 0 atom stereocenters. The minimum atomic E-state index is -0.0595. The molecule has 0 spiro atoms. The van der Waals surface area contributed by atoms with Crippen molar-refractivity contribution < 1.29 is 9.90 Å². The molecule has 2 rings (SSSR count).